The van der Waals surface area contributed by atoms with Crippen LogP contribution in [0.2, 0.25) is 0 Å². The van der Waals surface area contributed by atoms with Crippen molar-refractivity contribution >= 4 is 115 Å². The number of hydrogen-bond acceptors (Lipinski definition) is 3. The zero-order valence-corrected chi connectivity index (χ0v) is 46.2. The third-order valence-corrected chi connectivity index (χ3v) is 19.1. The molecule has 3 heterocycles. The molecule has 2 aliphatic carbocycles. The summed E-state index contributed by atoms with van der Waals surface area (Å²) in [6.07, 6.45) is 13.3. The molecule has 2 saturated carbocycles. The first kappa shape index (κ1) is 47.3. The Bertz CT molecular complexity index is 4390. The maximum atomic E-state index is 2.59. The van der Waals surface area contributed by atoms with Gasteiger partial charge in [-0.15, -0.1) is 11.3 Å². The van der Waals surface area contributed by atoms with Gasteiger partial charge in [0.25, 0.3) is 0 Å². The topological polar surface area (TPSA) is 10.9 Å². The number of thiophene rings is 1. The minimum atomic E-state index is 0.661. The highest BCUT2D eigenvalue weighted by atomic mass is 32.1. The van der Waals surface area contributed by atoms with Gasteiger partial charge in [0.05, 0.1) is 16.6 Å². The summed E-state index contributed by atoms with van der Waals surface area (Å²) < 4.78 is 5.21. The number of anilines is 6. The number of hydrogen-bond donors (Lipinski definition) is 0. The molecule has 3 nitrogen and oxygen atoms in total. The number of aromatic nitrogens is 1. The number of aryl methyl sites for hydroxylation is 4. The lowest BCUT2D eigenvalue weighted by Crippen LogP contribution is -2.11. The van der Waals surface area contributed by atoms with Gasteiger partial charge in [0, 0.05) is 75.8 Å². The highest BCUT2D eigenvalue weighted by Gasteiger charge is 2.25. The summed E-state index contributed by atoms with van der Waals surface area (Å²) in [5.41, 5.74) is 21.4. The molecule has 0 amide bonds. The van der Waals surface area contributed by atoms with Crippen LogP contribution < -0.4 is 9.80 Å². The monoisotopic (exact) mass is 1030 g/mol. The van der Waals surface area contributed by atoms with Gasteiger partial charge in [0.2, 0.25) is 0 Å². The Hall–Kier alpha value is -7.92. The van der Waals surface area contributed by atoms with Gasteiger partial charge >= 0.3 is 0 Å². The van der Waals surface area contributed by atoms with Crippen LogP contribution in [0.25, 0.3) is 80.2 Å². The average molecular weight is 1030 g/mol. The summed E-state index contributed by atoms with van der Waals surface area (Å²) >= 11 is 1.92. The Morgan fingerprint density at radius 1 is 0.346 bits per heavy atom. The van der Waals surface area contributed by atoms with Crippen molar-refractivity contribution in [3.05, 3.63) is 221 Å². The van der Waals surface area contributed by atoms with E-state index in [-0.39, 0.29) is 0 Å². The molecular weight excluding hydrogens is 963 g/mol. The van der Waals surface area contributed by atoms with Crippen LogP contribution in [0, 0.1) is 27.7 Å². The Balaban J connectivity index is 0.910. The summed E-state index contributed by atoms with van der Waals surface area (Å²) in [5.74, 6) is 1.34. The first-order chi connectivity index (χ1) is 38.3. The summed E-state index contributed by atoms with van der Waals surface area (Å²) in [7, 11) is 0. The lowest BCUT2D eigenvalue weighted by atomic mass is 9.84. The van der Waals surface area contributed by atoms with Crippen molar-refractivity contribution in [3.8, 4) is 11.1 Å². The number of fused-ring (bicyclic) bond motifs is 12. The van der Waals surface area contributed by atoms with Gasteiger partial charge in [-0.25, -0.2) is 0 Å². The molecule has 0 spiro atoms. The number of nitrogens with zero attached hydrogens (tertiary/aromatic N) is 3. The molecular formula is C74H65N3S. The van der Waals surface area contributed by atoms with Crippen LogP contribution in [0.1, 0.15) is 109 Å². The van der Waals surface area contributed by atoms with Crippen molar-refractivity contribution in [3.63, 3.8) is 0 Å². The minimum absolute atomic E-state index is 0.661. The maximum absolute atomic E-state index is 2.59. The van der Waals surface area contributed by atoms with E-state index < -0.39 is 0 Å². The van der Waals surface area contributed by atoms with Crippen LogP contribution in [0.5, 0.6) is 0 Å². The lowest BCUT2D eigenvalue weighted by molar-refractivity contribution is 0.443. The fraction of sp³-hybridized carbons (Fsp3) is 0.216. The standard InChI is InChI=1S/C74H65N3S/c1-46-36-47(2)39-60(38-46)75(56-24-20-53(21-25-56)50-14-8-5-9-15-50)58-28-30-62-66-42-55(52-18-12-7-13-19-52)43-67-72-63-33-35-70-73(64(63)32-34-68(72)77(74(66)67)69(62)44-58)65-31-29-59(45-71(65)78-70)76(61-40-48(3)37-49(4)41-61)57-26-22-54(23-27-57)51-16-10-6-11-17-51/h7,12-13,18-45,50-51H,5-6,8-11,14-17H2,1-4H3. The molecule has 13 aromatic rings. The molecule has 3 aromatic heterocycles. The molecule has 0 bridgehead atoms. The van der Waals surface area contributed by atoms with E-state index in [0.717, 1.165) is 5.69 Å². The third-order valence-electron chi connectivity index (χ3n) is 18.0. The van der Waals surface area contributed by atoms with Gasteiger partial charge in [-0.3, -0.25) is 0 Å². The van der Waals surface area contributed by atoms with Crippen LogP contribution in [0.4, 0.5) is 34.1 Å². The van der Waals surface area contributed by atoms with Gasteiger partial charge in [-0.2, -0.15) is 0 Å². The molecule has 2 fully saturated rings. The Labute approximate surface area is 462 Å². The van der Waals surface area contributed by atoms with Crippen LogP contribution in [0.15, 0.2) is 188 Å². The Morgan fingerprint density at radius 3 is 1.44 bits per heavy atom. The van der Waals surface area contributed by atoms with E-state index in [4.69, 9.17) is 0 Å². The van der Waals surface area contributed by atoms with E-state index >= 15 is 0 Å². The van der Waals surface area contributed by atoms with E-state index in [0.29, 0.717) is 11.8 Å². The molecule has 0 saturated heterocycles. The predicted octanol–water partition coefficient (Wildman–Crippen LogP) is 22.3. The predicted molar refractivity (Wildman–Crippen MR) is 337 cm³/mol. The van der Waals surface area contributed by atoms with Crippen LogP contribution in [-0.2, 0) is 0 Å². The quantitative estimate of drug-likeness (QED) is 0.143. The van der Waals surface area contributed by atoms with Crippen molar-refractivity contribution in [1.82, 2.24) is 4.40 Å². The fourth-order valence-corrected chi connectivity index (χ4v) is 15.6. The minimum Gasteiger partial charge on any atom is -0.310 e. The second kappa shape index (κ2) is 18.9. The van der Waals surface area contributed by atoms with E-state index in [1.807, 2.05) is 11.3 Å². The third kappa shape index (κ3) is 7.97. The average Bonchev–Trinajstić information content (AvgIpc) is 4.23. The van der Waals surface area contributed by atoms with Gasteiger partial charge < -0.3 is 14.2 Å². The van der Waals surface area contributed by atoms with Crippen molar-refractivity contribution in [2.45, 2.75) is 104 Å². The molecule has 0 unspecified atom stereocenters. The van der Waals surface area contributed by atoms with Gasteiger partial charge in [-0.05, 0) is 218 Å². The first-order valence-corrected chi connectivity index (χ1v) is 29.7. The Morgan fingerprint density at radius 2 is 0.846 bits per heavy atom. The lowest BCUT2D eigenvalue weighted by Gasteiger charge is -2.28. The molecule has 382 valence electrons. The zero-order valence-electron chi connectivity index (χ0n) is 45.4. The summed E-state index contributed by atoms with van der Waals surface area (Å²) in [4.78, 5) is 4.96. The molecule has 10 aromatic carbocycles. The number of benzene rings is 10. The molecule has 0 N–H and O–H groups in total. The van der Waals surface area contributed by atoms with E-state index in [1.54, 1.807) is 0 Å². The highest BCUT2D eigenvalue weighted by Crippen LogP contribution is 2.50. The smallest absolute Gasteiger partial charge is 0.0621 e. The molecule has 2 aliphatic rings. The highest BCUT2D eigenvalue weighted by molar-refractivity contribution is 7.26. The van der Waals surface area contributed by atoms with E-state index in [2.05, 4.69) is 230 Å². The second-order valence-electron chi connectivity index (χ2n) is 23.3. The van der Waals surface area contributed by atoms with Gasteiger partial charge in [-0.1, -0.05) is 130 Å². The van der Waals surface area contributed by atoms with Crippen molar-refractivity contribution in [2.24, 2.45) is 0 Å². The number of rotatable bonds is 9. The zero-order chi connectivity index (χ0) is 52.2. The SMILES string of the molecule is Cc1cc(C)cc(N(c2ccc(C3CCCCC3)cc2)c2ccc3c(c2)sc2ccc4c(ccc5c4c4cc(-c6ccccc6)cc6c7ccc(N(c8ccc(C9CCCCC9)cc8)c8cc(C)cc(C)c8)cc7n5c64)c23)c1. The summed E-state index contributed by atoms with van der Waals surface area (Å²) in [6.45, 7) is 8.88. The van der Waals surface area contributed by atoms with Crippen LogP contribution in [-0.4, -0.2) is 4.40 Å². The van der Waals surface area contributed by atoms with E-state index in [1.165, 1.54) is 206 Å². The largest absolute Gasteiger partial charge is 0.310 e. The molecule has 0 radical (unpaired) electrons. The van der Waals surface area contributed by atoms with Gasteiger partial charge in [0.15, 0.2) is 0 Å². The van der Waals surface area contributed by atoms with Crippen molar-refractivity contribution in [1.29, 1.82) is 0 Å². The normalized spacial score (nSPS) is 14.8. The van der Waals surface area contributed by atoms with Gasteiger partial charge in [0.1, 0.15) is 0 Å². The van der Waals surface area contributed by atoms with E-state index in [9.17, 15) is 0 Å². The molecule has 0 aliphatic heterocycles. The van der Waals surface area contributed by atoms with Crippen LogP contribution in [0.3, 0.4) is 0 Å². The molecule has 15 rings (SSSR count). The van der Waals surface area contributed by atoms with Crippen molar-refractivity contribution in [2.75, 3.05) is 9.80 Å². The molecule has 4 heteroatoms. The summed E-state index contributed by atoms with van der Waals surface area (Å²) in [5, 5.41) is 10.4. The maximum Gasteiger partial charge on any atom is 0.0621 e. The van der Waals surface area contributed by atoms with Crippen LogP contribution >= 0.6 is 11.3 Å². The van der Waals surface area contributed by atoms with Crippen molar-refractivity contribution < 1.29 is 0 Å². The second-order valence-corrected chi connectivity index (χ2v) is 24.4. The molecule has 78 heavy (non-hydrogen) atoms. The fourth-order valence-electron chi connectivity index (χ4n) is 14.5. The Kier molecular flexibility index (Phi) is 11.5. The molecule has 0 atom stereocenters. The summed E-state index contributed by atoms with van der Waals surface area (Å²) in [6, 6.07) is 73.0. The first-order valence-electron chi connectivity index (χ1n) is 28.9.